The van der Waals surface area contributed by atoms with E-state index >= 15 is 0 Å². The second kappa shape index (κ2) is 5.73. The zero-order valence-corrected chi connectivity index (χ0v) is 12.9. The van der Waals surface area contributed by atoms with E-state index < -0.39 is 0 Å². The largest absolute Gasteiger partial charge is 0.347 e. The van der Waals surface area contributed by atoms with E-state index in [2.05, 4.69) is 10.9 Å². The van der Waals surface area contributed by atoms with E-state index in [9.17, 15) is 0 Å². The minimum atomic E-state index is -0.345. The van der Waals surface area contributed by atoms with Gasteiger partial charge < -0.3 is 9.47 Å². The number of ether oxygens (including phenoxy) is 2. The van der Waals surface area contributed by atoms with Crippen LogP contribution in [0.15, 0.2) is 6.20 Å². The Bertz CT molecular complexity index is 483. The van der Waals surface area contributed by atoms with Gasteiger partial charge in [-0.25, -0.2) is 0 Å². The quantitative estimate of drug-likeness (QED) is 0.744. The van der Waals surface area contributed by atoms with Gasteiger partial charge in [-0.3, -0.25) is 4.68 Å². The molecule has 0 radical (unpaired) electrons. The van der Waals surface area contributed by atoms with Gasteiger partial charge in [0.1, 0.15) is 0 Å². The lowest BCUT2D eigenvalue weighted by atomic mass is 10.1. The smallest absolute Gasteiger partial charge is 0.172 e. The molecule has 21 heavy (non-hydrogen) atoms. The van der Waals surface area contributed by atoms with Gasteiger partial charge in [0.05, 0.1) is 25.5 Å². The van der Waals surface area contributed by atoms with Crippen LogP contribution in [0, 0.1) is 0 Å². The molecule has 116 valence electrons. The predicted molar refractivity (Wildman–Crippen MR) is 80.2 cm³/mol. The number of rotatable bonds is 1. The molecule has 1 saturated carbocycles. The third-order valence-corrected chi connectivity index (χ3v) is 5.40. The van der Waals surface area contributed by atoms with Gasteiger partial charge in [-0.2, -0.15) is 5.10 Å². The first kappa shape index (κ1) is 13.8. The summed E-state index contributed by atoms with van der Waals surface area (Å²) >= 11 is 0. The molecule has 0 N–H and O–H groups in total. The molecule has 0 bridgehead atoms. The van der Waals surface area contributed by atoms with Crippen LogP contribution in [0.1, 0.15) is 68.7 Å². The van der Waals surface area contributed by atoms with Crippen LogP contribution in [0.25, 0.3) is 0 Å². The minimum absolute atomic E-state index is 0.345. The highest BCUT2D eigenvalue weighted by Gasteiger charge is 2.39. The minimum Gasteiger partial charge on any atom is -0.347 e. The third-order valence-electron chi connectivity index (χ3n) is 5.40. The molecule has 2 aliphatic carbocycles. The van der Waals surface area contributed by atoms with E-state index in [0.717, 1.165) is 38.9 Å². The predicted octanol–water partition coefficient (Wildman–Crippen LogP) is 3.40. The van der Waals surface area contributed by atoms with E-state index in [4.69, 9.17) is 14.6 Å². The zero-order chi connectivity index (χ0) is 14.1. The maximum absolute atomic E-state index is 5.93. The number of fused-ring (bicyclic) bond motifs is 1. The first-order chi connectivity index (χ1) is 10.4. The molecule has 0 unspecified atom stereocenters. The summed E-state index contributed by atoms with van der Waals surface area (Å²) in [4.78, 5) is 0. The molecule has 1 spiro atoms. The molecule has 1 aromatic heterocycles. The third kappa shape index (κ3) is 2.64. The van der Waals surface area contributed by atoms with Crippen molar-refractivity contribution in [2.75, 3.05) is 13.2 Å². The maximum Gasteiger partial charge on any atom is 0.172 e. The van der Waals surface area contributed by atoms with Crippen LogP contribution in [0.2, 0.25) is 0 Å². The molecule has 4 nitrogen and oxygen atoms in total. The number of hydrogen-bond acceptors (Lipinski definition) is 3. The van der Waals surface area contributed by atoms with Gasteiger partial charge >= 0.3 is 0 Å². The average molecular weight is 290 g/mol. The van der Waals surface area contributed by atoms with E-state index in [1.807, 2.05) is 0 Å². The summed E-state index contributed by atoms with van der Waals surface area (Å²) < 4.78 is 14.2. The summed E-state index contributed by atoms with van der Waals surface area (Å²) in [6.07, 6.45) is 14.4. The Morgan fingerprint density at radius 1 is 1.05 bits per heavy atom. The number of hydrogen-bond donors (Lipinski definition) is 0. The van der Waals surface area contributed by atoms with Crippen LogP contribution >= 0.6 is 0 Å². The summed E-state index contributed by atoms with van der Waals surface area (Å²) in [6.45, 7) is 1.48. The van der Waals surface area contributed by atoms with Gasteiger partial charge in [-0.15, -0.1) is 0 Å². The summed E-state index contributed by atoms with van der Waals surface area (Å²) in [6, 6.07) is 0.621. The lowest BCUT2D eigenvalue weighted by molar-refractivity contribution is -0.160. The van der Waals surface area contributed by atoms with E-state index in [-0.39, 0.29) is 5.79 Å². The molecular weight excluding hydrogens is 264 g/mol. The van der Waals surface area contributed by atoms with Gasteiger partial charge in [0, 0.05) is 18.5 Å². The van der Waals surface area contributed by atoms with Crippen molar-refractivity contribution >= 4 is 0 Å². The fourth-order valence-electron chi connectivity index (χ4n) is 4.31. The average Bonchev–Trinajstić information content (AvgIpc) is 2.93. The van der Waals surface area contributed by atoms with Crippen LogP contribution in [-0.2, 0) is 22.3 Å². The van der Waals surface area contributed by atoms with Gasteiger partial charge in [-0.05, 0) is 31.2 Å². The molecule has 1 saturated heterocycles. The molecule has 3 aliphatic rings. The monoisotopic (exact) mass is 290 g/mol. The highest BCUT2D eigenvalue weighted by molar-refractivity contribution is 5.22. The molecule has 0 atom stereocenters. The van der Waals surface area contributed by atoms with Crippen LogP contribution in [0.5, 0.6) is 0 Å². The summed E-state index contributed by atoms with van der Waals surface area (Å²) in [5, 5.41) is 4.76. The summed E-state index contributed by atoms with van der Waals surface area (Å²) in [5.41, 5.74) is 2.82. The van der Waals surface area contributed by atoms with Crippen LogP contribution in [0.3, 0.4) is 0 Å². The Hall–Kier alpha value is -0.870. The van der Waals surface area contributed by atoms with Crippen molar-refractivity contribution in [1.82, 2.24) is 9.78 Å². The Balaban J connectivity index is 1.59. The topological polar surface area (TPSA) is 36.3 Å². The Morgan fingerprint density at radius 3 is 2.57 bits per heavy atom. The van der Waals surface area contributed by atoms with Gasteiger partial charge in [0.25, 0.3) is 0 Å². The van der Waals surface area contributed by atoms with Crippen molar-refractivity contribution in [3.63, 3.8) is 0 Å². The van der Waals surface area contributed by atoms with Gasteiger partial charge in [-0.1, -0.05) is 25.7 Å². The Morgan fingerprint density at radius 2 is 1.81 bits per heavy atom. The van der Waals surface area contributed by atoms with Crippen molar-refractivity contribution in [3.05, 3.63) is 17.5 Å². The SMILES string of the molecule is c1nn(C2CCCCCC2)c2c1CC1(CCC2)OCCO1. The summed E-state index contributed by atoms with van der Waals surface area (Å²) in [7, 11) is 0. The normalized spacial score (nSPS) is 26.5. The number of aromatic nitrogens is 2. The van der Waals surface area contributed by atoms with Crippen molar-refractivity contribution in [2.24, 2.45) is 0 Å². The lowest BCUT2D eigenvalue weighted by Crippen LogP contribution is -2.31. The van der Waals surface area contributed by atoms with Crippen molar-refractivity contribution in [2.45, 2.75) is 76.0 Å². The highest BCUT2D eigenvalue weighted by atomic mass is 16.7. The lowest BCUT2D eigenvalue weighted by Gasteiger charge is -2.25. The fourth-order valence-corrected chi connectivity index (χ4v) is 4.31. The summed E-state index contributed by atoms with van der Waals surface area (Å²) in [5.74, 6) is -0.345. The van der Waals surface area contributed by atoms with E-state index in [1.165, 1.54) is 49.8 Å². The molecule has 0 amide bonds. The molecule has 4 rings (SSSR count). The zero-order valence-electron chi connectivity index (χ0n) is 12.9. The molecule has 2 fully saturated rings. The molecule has 4 heteroatoms. The van der Waals surface area contributed by atoms with Crippen LogP contribution < -0.4 is 0 Å². The van der Waals surface area contributed by atoms with Crippen molar-refractivity contribution in [1.29, 1.82) is 0 Å². The first-order valence-corrected chi connectivity index (χ1v) is 8.69. The van der Waals surface area contributed by atoms with Crippen LogP contribution in [0.4, 0.5) is 0 Å². The van der Waals surface area contributed by atoms with Crippen molar-refractivity contribution < 1.29 is 9.47 Å². The van der Waals surface area contributed by atoms with Gasteiger partial charge in [0.15, 0.2) is 5.79 Å². The molecule has 1 aromatic rings. The van der Waals surface area contributed by atoms with Gasteiger partial charge in [0.2, 0.25) is 0 Å². The van der Waals surface area contributed by atoms with E-state index in [0.29, 0.717) is 6.04 Å². The second-order valence-corrected chi connectivity index (χ2v) is 6.84. The molecule has 1 aliphatic heterocycles. The molecular formula is C17H26N2O2. The fraction of sp³-hybridized carbons (Fsp3) is 0.824. The number of nitrogens with zero attached hydrogens (tertiary/aromatic N) is 2. The van der Waals surface area contributed by atoms with Crippen molar-refractivity contribution in [3.8, 4) is 0 Å². The van der Waals surface area contributed by atoms with Crippen LogP contribution in [-0.4, -0.2) is 28.8 Å². The Kier molecular flexibility index (Phi) is 3.76. The molecule has 0 aromatic carbocycles. The maximum atomic E-state index is 5.93. The standard InChI is InChI=1S/C17H26N2O2/c1-2-4-7-15(6-3-1)19-16-8-5-9-17(20-10-11-21-17)12-14(16)13-18-19/h13,15H,1-12H2. The first-order valence-electron chi connectivity index (χ1n) is 8.69. The highest BCUT2D eigenvalue weighted by Crippen LogP contribution is 2.36. The Labute approximate surface area is 126 Å². The van der Waals surface area contributed by atoms with E-state index in [1.54, 1.807) is 0 Å². The molecule has 2 heterocycles. The second-order valence-electron chi connectivity index (χ2n) is 6.84.